The molecule has 25 heavy (non-hydrogen) atoms. The second-order valence-corrected chi connectivity index (χ2v) is 6.35. The molecule has 0 bridgehead atoms. The van der Waals surface area contributed by atoms with Crippen LogP contribution in [0.5, 0.6) is 0 Å². The summed E-state index contributed by atoms with van der Waals surface area (Å²) < 4.78 is 31.0. The van der Waals surface area contributed by atoms with Gasteiger partial charge in [0.1, 0.15) is 18.2 Å². The predicted molar refractivity (Wildman–Crippen MR) is 101 cm³/mol. The third kappa shape index (κ3) is 2.22. The lowest BCUT2D eigenvalue weighted by Crippen LogP contribution is -2.31. The Labute approximate surface area is 151 Å². The predicted octanol–water partition coefficient (Wildman–Crippen LogP) is 5.55. The van der Waals surface area contributed by atoms with Crippen LogP contribution in [0.25, 0.3) is 38.0 Å². The lowest BCUT2D eigenvalue weighted by molar-refractivity contribution is -0.660. The van der Waals surface area contributed by atoms with Crippen LogP contribution in [0.1, 0.15) is 20.8 Å². The van der Waals surface area contributed by atoms with E-state index >= 15 is 0 Å². The van der Waals surface area contributed by atoms with Crippen molar-refractivity contribution in [2.45, 2.75) is 20.7 Å². The minimum Gasteiger partial charge on any atom is -0.456 e. The van der Waals surface area contributed by atoms with Crippen LogP contribution < -0.4 is 4.57 Å². The van der Waals surface area contributed by atoms with Crippen molar-refractivity contribution in [2.24, 2.45) is 7.05 Å². The van der Waals surface area contributed by atoms with Crippen LogP contribution in [0.2, 0.25) is 0 Å². The number of aryl methyl sites for hydroxylation is 4. The molecule has 0 amide bonds. The molecule has 0 saturated heterocycles. The number of rotatable bonds is 1. The molecule has 0 aliphatic carbocycles. The third-order valence-corrected chi connectivity index (χ3v) is 4.75. The van der Waals surface area contributed by atoms with Crippen LogP contribution in [0.4, 0.5) is 5.69 Å². The van der Waals surface area contributed by atoms with E-state index in [9.17, 15) is 0 Å². The highest BCUT2D eigenvalue weighted by Gasteiger charge is 2.21. The minimum absolute atomic E-state index is 0.297. The number of fused-ring (bicyclic) bond motifs is 3. The van der Waals surface area contributed by atoms with Crippen LogP contribution in [0, 0.1) is 27.3 Å². The average molecular weight is 330 g/mol. The monoisotopic (exact) mass is 330 g/mol. The number of aromatic nitrogens is 1. The normalized spacial score (nSPS) is 13.4. The van der Waals surface area contributed by atoms with Crippen molar-refractivity contribution in [1.82, 2.24) is 0 Å². The highest BCUT2D eigenvalue weighted by Crippen LogP contribution is 2.39. The van der Waals surface area contributed by atoms with Crippen molar-refractivity contribution < 1.29 is 13.1 Å². The molecule has 0 saturated carbocycles. The van der Waals surface area contributed by atoms with Crippen LogP contribution in [-0.2, 0) is 7.05 Å². The molecule has 2 aromatic heterocycles. The van der Waals surface area contributed by atoms with Crippen molar-refractivity contribution >= 4 is 27.6 Å². The Hall–Kier alpha value is -3.12. The maximum absolute atomic E-state index is 7.63. The van der Waals surface area contributed by atoms with Crippen molar-refractivity contribution in [3.05, 3.63) is 70.7 Å². The zero-order valence-corrected chi connectivity index (χ0v) is 14.3. The van der Waals surface area contributed by atoms with Crippen molar-refractivity contribution in [1.29, 1.82) is 0 Å². The fraction of sp³-hybridized carbons (Fsp3) is 0.182. The Bertz CT molecular complexity index is 1290. The first kappa shape index (κ1) is 12.3. The molecule has 0 fully saturated rings. The SMILES string of the molecule is [2H]C([2H])([2H])c1ccc(-c2c(C)ccc3c2oc2c(C)c([N+]#[C-])ccc23)[n+](C)c1. The maximum atomic E-state index is 7.63. The van der Waals surface area contributed by atoms with E-state index in [0.29, 0.717) is 11.3 Å². The minimum atomic E-state index is -2.15. The van der Waals surface area contributed by atoms with Gasteiger partial charge in [0.15, 0.2) is 11.9 Å². The number of hydrogen-bond acceptors (Lipinski definition) is 1. The molecule has 4 rings (SSSR count). The molecule has 0 spiro atoms. The number of furan rings is 1. The zero-order chi connectivity index (χ0) is 20.2. The fourth-order valence-electron chi connectivity index (χ4n) is 3.43. The van der Waals surface area contributed by atoms with E-state index < -0.39 is 6.85 Å². The van der Waals surface area contributed by atoms with Crippen LogP contribution in [0.3, 0.4) is 0 Å². The van der Waals surface area contributed by atoms with E-state index in [2.05, 4.69) is 4.85 Å². The Morgan fingerprint density at radius 3 is 2.52 bits per heavy atom. The van der Waals surface area contributed by atoms with Gasteiger partial charge in [0.2, 0.25) is 5.69 Å². The molecule has 0 aliphatic rings. The molecule has 122 valence electrons. The quantitative estimate of drug-likeness (QED) is 0.331. The van der Waals surface area contributed by atoms with Crippen molar-refractivity contribution in [3.63, 3.8) is 0 Å². The summed E-state index contributed by atoms with van der Waals surface area (Å²) >= 11 is 0. The Morgan fingerprint density at radius 2 is 1.80 bits per heavy atom. The summed E-state index contributed by atoms with van der Waals surface area (Å²) in [6.45, 7) is 9.10. The number of benzene rings is 2. The van der Waals surface area contributed by atoms with Crippen LogP contribution >= 0.6 is 0 Å². The summed E-state index contributed by atoms with van der Waals surface area (Å²) in [6, 6.07) is 11.3. The van der Waals surface area contributed by atoms with Crippen molar-refractivity contribution in [3.8, 4) is 11.3 Å². The van der Waals surface area contributed by atoms with Gasteiger partial charge in [0.05, 0.1) is 12.1 Å². The fourth-order valence-corrected chi connectivity index (χ4v) is 3.43. The standard InChI is InChI=1S/C22H19N2O/c1-13-6-11-19(24(5)12-13)20-14(2)7-8-17-16-9-10-18(23-4)15(3)21(16)25-22(17)20/h6-12H,1-3,5H3/q+1/i1D3. The summed E-state index contributed by atoms with van der Waals surface area (Å²) in [6.07, 6.45) is 1.64. The highest BCUT2D eigenvalue weighted by atomic mass is 16.3. The van der Waals surface area contributed by atoms with E-state index in [0.717, 1.165) is 44.3 Å². The van der Waals surface area contributed by atoms with E-state index in [4.69, 9.17) is 15.1 Å². The van der Waals surface area contributed by atoms with Gasteiger partial charge in [0, 0.05) is 26.5 Å². The average Bonchev–Trinajstić information content (AvgIpc) is 3.01. The molecule has 0 aliphatic heterocycles. The largest absolute Gasteiger partial charge is 0.456 e. The Morgan fingerprint density at radius 1 is 1.04 bits per heavy atom. The second-order valence-electron chi connectivity index (χ2n) is 6.35. The maximum Gasteiger partial charge on any atom is 0.216 e. The van der Waals surface area contributed by atoms with Gasteiger partial charge in [-0.1, -0.05) is 24.3 Å². The molecular weight excluding hydrogens is 308 g/mol. The number of pyridine rings is 1. The summed E-state index contributed by atoms with van der Waals surface area (Å²) in [4.78, 5) is 3.57. The molecule has 0 N–H and O–H groups in total. The smallest absolute Gasteiger partial charge is 0.216 e. The third-order valence-electron chi connectivity index (χ3n) is 4.75. The van der Waals surface area contributed by atoms with Gasteiger partial charge in [-0.05, 0) is 37.9 Å². The summed E-state index contributed by atoms with van der Waals surface area (Å²) in [7, 11) is 1.84. The van der Waals surface area contributed by atoms with E-state index in [1.807, 2.05) is 55.8 Å². The molecule has 3 nitrogen and oxygen atoms in total. The van der Waals surface area contributed by atoms with Crippen molar-refractivity contribution in [2.75, 3.05) is 0 Å². The molecule has 0 radical (unpaired) electrons. The van der Waals surface area contributed by atoms with Crippen LogP contribution in [0.15, 0.2) is 47.0 Å². The summed E-state index contributed by atoms with van der Waals surface area (Å²) in [5.74, 6) is 0. The topological polar surface area (TPSA) is 21.4 Å². The molecule has 3 heteroatoms. The molecule has 4 aromatic rings. The van der Waals surface area contributed by atoms with Gasteiger partial charge in [-0.25, -0.2) is 9.41 Å². The van der Waals surface area contributed by atoms with Crippen LogP contribution in [-0.4, -0.2) is 0 Å². The van der Waals surface area contributed by atoms with Gasteiger partial charge in [-0.15, -0.1) is 0 Å². The Balaban J connectivity index is 2.05. The molecule has 2 heterocycles. The molecule has 0 atom stereocenters. The lowest BCUT2D eigenvalue weighted by Gasteiger charge is -2.05. The lowest BCUT2D eigenvalue weighted by atomic mass is 10.00. The van der Waals surface area contributed by atoms with E-state index in [1.165, 1.54) is 0 Å². The highest BCUT2D eigenvalue weighted by molar-refractivity contribution is 6.11. The number of nitrogens with zero attached hydrogens (tertiary/aromatic N) is 2. The van der Waals surface area contributed by atoms with Gasteiger partial charge in [0.25, 0.3) is 0 Å². The van der Waals surface area contributed by atoms with Gasteiger partial charge in [-0.2, -0.15) is 0 Å². The summed E-state index contributed by atoms with van der Waals surface area (Å²) in [5, 5.41) is 1.96. The van der Waals surface area contributed by atoms with Gasteiger partial charge in [-0.3, -0.25) is 0 Å². The first-order chi connectivity index (χ1) is 13.2. The molecule has 2 aromatic carbocycles. The van der Waals surface area contributed by atoms with Gasteiger partial charge < -0.3 is 4.42 Å². The first-order valence-electron chi connectivity index (χ1n) is 9.56. The Kier molecular flexibility index (Phi) is 2.68. The van der Waals surface area contributed by atoms with Gasteiger partial charge >= 0.3 is 0 Å². The summed E-state index contributed by atoms with van der Waals surface area (Å²) in [5.41, 5.74) is 6.01. The zero-order valence-electron chi connectivity index (χ0n) is 17.3. The molecule has 0 unspecified atom stereocenters. The number of hydrogen-bond donors (Lipinski definition) is 0. The first-order valence-corrected chi connectivity index (χ1v) is 8.06. The second kappa shape index (κ2) is 5.46. The molecular formula is C22H19N2O+. The van der Waals surface area contributed by atoms with E-state index in [1.54, 1.807) is 12.3 Å². The van der Waals surface area contributed by atoms with E-state index in [-0.39, 0.29) is 0 Å².